The summed E-state index contributed by atoms with van der Waals surface area (Å²) in [5.74, 6) is -0.762. The molecule has 4 aliphatic rings. The van der Waals surface area contributed by atoms with Crippen LogP contribution in [0.25, 0.3) is 0 Å². The van der Waals surface area contributed by atoms with Crippen LogP contribution in [0.4, 0.5) is 0 Å². The number of amides is 1. The molecule has 1 saturated carbocycles. The molecule has 6 atom stereocenters. The molecule has 7 N–H and O–H groups in total. The van der Waals surface area contributed by atoms with Gasteiger partial charge in [0.05, 0.1) is 47.3 Å². The molecule has 0 aromatic carbocycles. The molecule has 6 unspecified atom stereocenters. The Bertz CT molecular complexity index is 676. The van der Waals surface area contributed by atoms with E-state index in [0.717, 1.165) is 45.3 Å². The Labute approximate surface area is 220 Å². The molecule has 0 aromatic rings. The van der Waals surface area contributed by atoms with Gasteiger partial charge in [-0.05, 0) is 32.7 Å². The molecule has 3 heterocycles. The third-order valence-corrected chi connectivity index (χ3v) is 8.91. The summed E-state index contributed by atoms with van der Waals surface area (Å²) < 4.78 is 6.50. The number of likely N-dealkylation sites (tertiary alicyclic amines) is 1. The molecule has 0 aromatic heterocycles. The molecular weight excluding hydrogens is 489 g/mol. The van der Waals surface area contributed by atoms with E-state index in [1.807, 2.05) is 0 Å². The molecule has 3 aliphatic heterocycles. The topological polar surface area (TPSA) is 121 Å². The summed E-state index contributed by atoms with van der Waals surface area (Å²) >= 11 is 13.2. The van der Waals surface area contributed by atoms with Crippen molar-refractivity contribution in [1.82, 2.24) is 25.8 Å². The fourth-order valence-corrected chi connectivity index (χ4v) is 6.81. The Morgan fingerprint density at radius 2 is 1.77 bits per heavy atom. The molecule has 0 radical (unpaired) electrons. The smallest absolute Gasteiger partial charge is 0.229 e. The molecule has 4 fully saturated rings. The molecule has 11 heteroatoms. The van der Waals surface area contributed by atoms with Crippen LogP contribution in [0.1, 0.15) is 44.9 Å². The number of nitrogens with zero attached hydrogens (tertiary/aromatic N) is 2. The minimum absolute atomic E-state index is 0.00208. The average Bonchev–Trinajstić information content (AvgIpc) is 2.84. The SMILES string of the molecule is CN1CCC(OC2C(Cl)CNCC2NC(=O)C(C(N)N)C2NCC(Cl)CN2C2CCCCC2)CC1. The monoisotopic (exact) mass is 533 g/mol. The Hall–Kier alpha value is -0.230. The average molecular weight is 535 g/mol. The number of nitrogens with one attached hydrogen (secondary N) is 3. The molecule has 35 heavy (non-hydrogen) atoms. The molecule has 9 nitrogen and oxygen atoms in total. The van der Waals surface area contributed by atoms with Crippen molar-refractivity contribution in [2.45, 2.75) is 92.3 Å². The number of nitrogens with two attached hydrogens (primary N) is 2. The lowest BCUT2D eigenvalue weighted by atomic mass is 9.90. The van der Waals surface area contributed by atoms with Crippen LogP contribution in [-0.2, 0) is 9.53 Å². The summed E-state index contributed by atoms with van der Waals surface area (Å²) in [5, 5.41) is 9.85. The number of halogens is 2. The van der Waals surface area contributed by atoms with Gasteiger partial charge in [0.15, 0.2) is 0 Å². The van der Waals surface area contributed by atoms with E-state index < -0.39 is 12.1 Å². The van der Waals surface area contributed by atoms with Crippen molar-refractivity contribution in [2.24, 2.45) is 17.4 Å². The van der Waals surface area contributed by atoms with Crippen LogP contribution in [0.15, 0.2) is 0 Å². The second kappa shape index (κ2) is 13.0. The minimum Gasteiger partial charge on any atom is -0.371 e. The number of hydrogen-bond acceptors (Lipinski definition) is 8. The molecule has 0 spiro atoms. The van der Waals surface area contributed by atoms with Crippen LogP contribution in [0.3, 0.4) is 0 Å². The Morgan fingerprint density at radius 3 is 2.46 bits per heavy atom. The molecule has 1 aliphatic carbocycles. The van der Waals surface area contributed by atoms with E-state index in [-0.39, 0.29) is 41.1 Å². The van der Waals surface area contributed by atoms with E-state index >= 15 is 0 Å². The fourth-order valence-electron chi connectivity index (χ4n) is 6.22. The first kappa shape index (κ1) is 27.8. The largest absolute Gasteiger partial charge is 0.371 e. The van der Waals surface area contributed by atoms with Crippen molar-refractivity contribution in [1.29, 1.82) is 0 Å². The van der Waals surface area contributed by atoms with Crippen molar-refractivity contribution in [3.05, 3.63) is 0 Å². The maximum Gasteiger partial charge on any atom is 0.229 e. The van der Waals surface area contributed by atoms with E-state index in [2.05, 4.69) is 32.8 Å². The zero-order valence-electron chi connectivity index (χ0n) is 21.0. The van der Waals surface area contributed by atoms with Gasteiger partial charge in [-0.25, -0.2) is 0 Å². The van der Waals surface area contributed by atoms with Gasteiger partial charge in [0.1, 0.15) is 0 Å². The summed E-state index contributed by atoms with van der Waals surface area (Å²) in [6.45, 7) is 4.64. The molecule has 4 rings (SSSR count). The predicted octanol–water partition coefficient (Wildman–Crippen LogP) is 0.192. The van der Waals surface area contributed by atoms with E-state index in [0.29, 0.717) is 25.7 Å². The summed E-state index contributed by atoms with van der Waals surface area (Å²) in [6.07, 6.45) is 6.70. The Balaban J connectivity index is 1.45. The number of piperidine rings is 2. The molecule has 0 bridgehead atoms. The Morgan fingerprint density at radius 1 is 1.06 bits per heavy atom. The standard InChI is InChI=1S/C24H45Cl2N7O2/c1-32-9-7-17(8-10-32)35-21-18(26)12-29-13-19(21)31-24(34)20(22(27)28)23-30-11-15(25)14-33(23)16-5-3-2-4-6-16/h15-23,29-30H,2-14,27-28H2,1H3,(H,31,34). The fraction of sp³-hybridized carbons (Fsp3) is 0.958. The zero-order valence-corrected chi connectivity index (χ0v) is 22.5. The lowest BCUT2D eigenvalue weighted by molar-refractivity contribution is -0.133. The summed E-state index contributed by atoms with van der Waals surface area (Å²) in [5.41, 5.74) is 12.5. The van der Waals surface area contributed by atoms with Gasteiger partial charge < -0.3 is 31.7 Å². The predicted molar refractivity (Wildman–Crippen MR) is 140 cm³/mol. The second-order valence-electron chi connectivity index (χ2n) is 10.9. The zero-order chi connectivity index (χ0) is 24.9. The van der Waals surface area contributed by atoms with Gasteiger partial charge in [0.25, 0.3) is 0 Å². The number of carbonyl (C=O) groups is 1. The lowest BCUT2D eigenvalue weighted by Gasteiger charge is -2.48. The third kappa shape index (κ3) is 7.21. The quantitative estimate of drug-likeness (QED) is 0.232. The summed E-state index contributed by atoms with van der Waals surface area (Å²) in [7, 11) is 2.13. The molecule has 3 saturated heterocycles. The van der Waals surface area contributed by atoms with E-state index in [4.69, 9.17) is 39.4 Å². The Kier molecular flexibility index (Phi) is 10.3. The number of carbonyl (C=O) groups excluding carboxylic acids is 1. The molecular formula is C24H45Cl2N7O2. The first-order valence-electron chi connectivity index (χ1n) is 13.5. The van der Waals surface area contributed by atoms with Gasteiger partial charge in [0.2, 0.25) is 5.91 Å². The van der Waals surface area contributed by atoms with Crippen molar-refractivity contribution in [3.8, 4) is 0 Å². The van der Waals surface area contributed by atoms with Gasteiger partial charge in [-0.1, -0.05) is 19.3 Å². The minimum atomic E-state index is -0.804. The van der Waals surface area contributed by atoms with Crippen molar-refractivity contribution < 1.29 is 9.53 Å². The third-order valence-electron chi connectivity index (χ3n) is 8.22. The van der Waals surface area contributed by atoms with E-state index in [1.54, 1.807) is 0 Å². The first-order valence-corrected chi connectivity index (χ1v) is 14.3. The molecule has 202 valence electrons. The second-order valence-corrected chi connectivity index (χ2v) is 12.1. The number of alkyl halides is 2. The highest BCUT2D eigenvalue weighted by molar-refractivity contribution is 6.21. The maximum atomic E-state index is 13.7. The highest BCUT2D eigenvalue weighted by Gasteiger charge is 2.44. The van der Waals surface area contributed by atoms with Crippen molar-refractivity contribution in [3.63, 3.8) is 0 Å². The number of hydrogen-bond donors (Lipinski definition) is 5. The first-order chi connectivity index (χ1) is 16.8. The number of ether oxygens (including phenoxy) is 1. The van der Waals surface area contributed by atoms with E-state index in [9.17, 15) is 4.79 Å². The van der Waals surface area contributed by atoms with Crippen LogP contribution in [0, 0.1) is 5.92 Å². The summed E-state index contributed by atoms with van der Waals surface area (Å²) in [6, 6.07) is 0.146. The normalized spacial score (nSPS) is 35.8. The highest BCUT2D eigenvalue weighted by Crippen LogP contribution is 2.29. The van der Waals surface area contributed by atoms with Crippen LogP contribution < -0.4 is 27.4 Å². The molecule has 1 amide bonds. The maximum absolute atomic E-state index is 13.7. The van der Waals surface area contributed by atoms with Crippen LogP contribution in [-0.4, -0.2) is 109 Å². The van der Waals surface area contributed by atoms with Crippen molar-refractivity contribution >= 4 is 29.1 Å². The van der Waals surface area contributed by atoms with Crippen LogP contribution in [0.5, 0.6) is 0 Å². The van der Waals surface area contributed by atoms with Gasteiger partial charge in [0, 0.05) is 45.3 Å². The van der Waals surface area contributed by atoms with Gasteiger partial charge in [-0.15, -0.1) is 23.2 Å². The van der Waals surface area contributed by atoms with Gasteiger partial charge in [-0.3, -0.25) is 15.0 Å². The number of rotatable bonds is 7. The van der Waals surface area contributed by atoms with Gasteiger partial charge >= 0.3 is 0 Å². The summed E-state index contributed by atoms with van der Waals surface area (Å²) in [4.78, 5) is 18.4. The van der Waals surface area contributed by atoms with Crippen LogP contribution >= 0.6 is 23.2 Å². The van der Waals surface area contributed by atoms with Crippen molar-refractivity contribution in [2.75, 3.05) is 46.3 Å². The van der Waals surface area contributed by atoms with Crippen LogP contribution in [0.2, 0.25) is 0 Å². The van der Waals surface area contributed by atoms with Gasteiger partial charge in [-0.2, -0.15) is 0 Å². The lowest BCUT2D eigenvalue weighted by Crippen LogP contribution is -2.69. The highest BCUT2D eigenvalue weighted by atomic mass is 35.5. The van der Waals surface area contributed by atoms with E-state index in [1.165, 1.54) is 19.3 Å².